The lowest BCUT2D eigenvalue weighted by Crippen LogP contribution is -2.50. The molecule has 0 aliphatic carbocycles. The highest BCUT2D eigenvalue weighted by Crippen LogP contribution is 2.19. The zero-order chi connectivity index (χ0) is 31.2. The Morgan fingerprint density at radius 2 is 0.929 bits per heavy atom. The number of hydrogen-bond donors (Lipinski definition) is 1. The summed E-state index contributed by atoms with van der Waals surface area (Å²) in [6.07, 6.45) is 29.6. The van der Waals surface area contributed by atoms with Crippen molar-refractivity contribution in [2.75, 3.05) is 26.2 Å². The molecule has 0 aromatic heterocycles. The van der Waals surface area contributed by atoms with Gasteiger partial charge in [-0.05, 0) is 61.4 Å². The van der Waals surface area contributed by atoms with E-state index >= 15 is 0 Å². The van der Waals surface area contributed by atoms with Crippen LogP contribution in [0.5, 0.6) is 0 Å². The molecule has 1 aromatic carbocycles. The molecule has 0 spiro atoms. The van der Waals surface area contributed by atoms with Crippen LogP contribution in [0.15, 0.2) is 35.2 Å². The average molecular weight is 672 g/mol. The summed E-state index contributed by atoms with van der Waals surface area (Å²) in [6, 6.07) is 7.42. The highest BCUT2D eigenvalue weighted by molar-refractivity contribution is 9.12. The van der Waals surface area contributed by atoms with Crippen molar-refractivity contribution in [2.45, 2.75) is 161 Å². The van der Waals surface area contributed by atoms with Gasteiger partial charge in [0, 0.05) is 15.9 Å². The Kier molecular flexibility index (Phi) is 28.3. The molecule has 1 rings (SSSR count). The molecule has 0 saturated heterocycles. The Bertz CT molecular complexity index is 834. The maximum Gasteiger partial charge on any atom is 0.294 e. The lowest BCUT2D eigenvalue weighted by atomic mass is 10.1. The van der Waals surface area contributed by atoms with Crippen LogP contribution in [0.1, 0.15) is 156 Å². The topological polar surface area (TPSA) is 54.4 Å². The van der Waals surface area contributed by atoms with E-state index in [1.165, 1.54) is 171 Å². The van der Waals surface area contributed by atoms with Gasteiger partial charge in [0.05, 0.1) is 24.5 Å². The first-order valence-corrected chi connectivity index (χ1v) is 19.5. The summed E-state index contributed by atoms with van der Waals surface area (Å²) in [5, 5.41) is 0. The van der Waals surface area contributed by atoms with Crippen LogP contribution in [0.25, 0.3) is 0 Å². The normalized spacial score (nSPS) is 11.5. The zero-order valence-corrected chi connectivity index (χ0v) is 30.0. The second kappa shape index (κ2) is 28.9. The lowest BCUT2D eigenvalue weighted by molar-refractivity contribution is -0.922. The van der Waals surface area contributed by atoms with Crippen LogP contribution in [0.4, 0.5) is 0 Å². The molecule has 6 heteroatoms. The van der Waals surface area contributed by atoms with Crippen molar-refractivity contribution in [1.82, 2.24) is 0 Å². The minimum Gasteiger partial charge on any atom is -0.313 e. The fourth-order valence-corrected chi connectivity index (χ4v) is 6.20. The number of unbranched alkanes of at least 4 members (excludes halogenated alkanes) is 18. The maximum absolute atomic E-state index is 10.4. The van der Waals surface area contributed by atoms with E-state index in [2.05, 4.69) is 47.5 Å². The van der Waals surface area contributed by atoms with Gasteiger partial charge >= 0.3 is 0 Å². The van der Waals surface area contributed by atoms with E-state index in [1.54, 1.807) is 18.2 Å². The van der Waals surface area contributed by atoms with E-state index < -0.39 is 10.1 Å². The smallest absolute Gasteiger partial charge is 0.294 e. The van der Waals surface area contributed by atoms with Crippen molar-refractivity contribution in [3.8, 4) is 10.8 Å². The van der Waals surface area contributed by atoms with Crippen LogP contribution in [0.3, 0.4) is 0 Å². The number of hydrogen-bond acceptors (Lipinski definition) is 2. The quantitative estimate of drug-likeness (QED) is 0.0462. The molecule has 1 N–H and O–H groups in total. The largest absolute Gasteiger partial charge is 0.313 e. The van der Waals surface area contributed by atoms with Crippen LogP contribution in [-0.4, -0.2) is 43.6 Å². The van der Waals surface area contributed by atoms with Gasteiger partial charge in [-0.2, -0.15) is 8.42 Å². The second-order valence-electron chi connectivity index (χ2n) is 12.1. The van der Waals surface area contributed by atoms with Crippen LogP contribution >= 0.6 is 15.9 Å². The van der Waals surface area contributed by atoms with E-state index in [0.29, 0.717) is 0 Å². The second-order valence-corrected chi connectivity index (χ2v) is 13.9. The molecule has 0 atom stereocenters. The minimum atomic E-state index is -4.00. The summed E-state index contributed by atoms with van der Waals surface area (Å²) < 4.78 is 30.5. The first-order chi connectivity index (χ1) is 20.3. The fourth-order valence-electron chi connectivity index (χ4n) is 5.58. The molecule has 0 aliphatic rings. The van der Waals surface area contributed by atoms with Crippen molar-refractivity contribution >= 4 is 26.0 Å². The molecule has 0 bridgehead atoms. The molecule has 0 amide bonds. The van der Waals surface area contributed by atoms with E-state index in [0.717, 1.165) is 6.54 Å². The molecule has 0 saturated carbocycles. The van der Waals surface area contributed by atoms with E-state index in [4.69, 9.17) is 4.55 Å². The van der Waals surface area contributed by atoms with Gasteiger partial charge in [-0.25, -0.2) is 0 Å². The van der Waals surface area contributed by atoms with Crippen LogP contribution in [-0.2, 0) is 10.1 Å². The minimum absolute atomic E-state index is 0.0741. The van der Waals surface area contributed by atoms with Crippen molar-refractivity contribution in [1.29, 1.82) is 0 Å². The Hall–Kier alpha value is -0.870. The standard InChI is InChI=1S/C30H59BrN.C6H6O3S/c1-4-7-10-13-16-19-22-27-32(30-25-26-31,28-23-20-17-14-11-8-5-2)29-24-21-18-15-12-9-6-3;7-10(8,9)6-4-2-1-3-5-6/h4-24,27-30H2,1-3H3;1-5H,(H,7,8,9)/q+1;. The van der Waals surface area contributed by atoms with Gasteiger partial charge in [0.1, 0.15) is 6.54 Å². The van der Waals surface area contributed by atoms with Gasteiger partial charge in [0.2, 0.25) is 0 Å². The lowest BCUT2D eigenvalue weighted by Gasteiger charge is -2.38. The molecule has 0 aliphatic heterocycles. The highest BCUT2D eigenvalue weighted by Gasteiger charge is 2.25. The predicted octanol–water partition coefficient (Wildman–Crippen LogP) is 11.3. The third kappa shape index (κ3) is 24.6. The Balaban J connectivity index is 0.00000140. The Morgan fingerprint density at radius 3 is 1.21 bits per heavy atom. The first kappa shape index (κ1) is 41.1. The highest BCUT2D eigenvalue weighted by atomic mass is 79.9. The van der Waals surface area contributed by atoms with Crippen molar-refractivity contribution < 1.29 is 17.5 Å². The van der Waals surface area contributed by atoms with Crippen molar-refractivity contribution in [3.05, 3.63) is 30.3 Å². The van der Waals surface area contributed by atoms with E-state index in [9.17, 15) is 8.42 Å². The maximum atomic E-state index is 10.4. The Morgan fingerprint density at radius 1 is 0.595 bits per heavy atom. The molecule has 244 valence electrons. The van der Waals surface area contributed by atoms with Gasteiger partial charge in [0.25, 0.3) is 10.1 Å². The number of nitrogens with zero attached hydrogens (tertiary/aromatic N) is 1. The van der Waals surface area contributed by atoms with E-state index in [-0.39, 0.29) is 4.90 Å². The average Bonchev–Trinajstić information content (AvgIpc) is 2.99. The Labute approximate surface area is 270 Å². The number of quaternary nitrogens is 1. The number of halogens is 1. The molecule has 0 heterocycles. The fraction of sp³-hybridized carbons (Fsp3) is 0.778. The summed E-state index contributed by atoms with van der Waals surface area (Å²) in [6.45, 7) is 12.0. The first-order valence-electron chi connectivity index (χ1n) is 17.3. The molecule has 0 unspecified atom stereocenters. The van der Waals surface area contributed by atoms with Crippen LogP contribution < -0.4 is 0 Å². The van der Waals surface area contributed by atoms with E-state index in [1.807, 2.05) is 0 Å². The number of benzene rings is 1. The molecular weight excluding hydrogens is 606 g/mol. The van der Waals surface area contributed by atoms with Crippen molar-refractivity contribution in [2.24, 2.45) is 0 Å². The third-order valence-corrected chi connectivity index (χ3v) is 9.38. The van der Waals surface area contributed by atoms with Gasteiger partial charge < -0.3 is 4.48 Å². The van der Waals surface area contributed by atoms with Crippen LogP contribution in [0, 0.1) is 10.8 Å². The molecule has 0 radical (unpaired) electrons. The molecule has 42 heavy (non-hydrogen) atoms. The summed E-state index contributed by atoms with van der Waals surface area (Å²) in [4.78, 5) is 2.97. The van der Waals surface area contributed by atoms with Crippen LogP contribution in [0.2, 0.25) is 0 Å². The van der Waals surface area contributed by atoms with Gasteiger partial charge in [-0.3, -0.25) is 4.55 Å². The monoisotopic (exact) mass is 670 g/mol. The summed E-state index contributed by atoms with van der Waals surface area (Å²) in [5.41, 5.74) is 0. The van der Waals surface area contributed by atoms with Crippen molar-refractivity contribution in [3.63, 3.8) is 0 Å². The predicted molar refractivity (Wildman–Crippen MR) is 187 cm³/mol. The molecule has 4 nitrogen and oxygen atoms in total. The summed E-state index contributed by atoms with van der Waals surface area (Å²) in [5.74, 6) is 3.43. The third-order valence-electron chi connectivity index (χ3n) is 8.23. The molecule has 1 aromatic rings. The zero-order valence-electron chi connectivity index (χ0n) is 27.6. The summed E-state index contributed by atoms with van der Waals surface area (Å²) in [7, 11) is -4.00. The SMILES string of the molecule is CCCCCCCCC[N+](CC#CBr)(CCCCCCCCC)CCCCCCCCC.O=S(=O)(O)c1ccccc1. The molecule has 0 fully saturated rings. The van der Waals surface area contributed by atoms with Gasteiger partial charge in [-0.15, -0.1) is 0 Å². The van der Waals surface area contributed by atoms with Gasteiger partial charge in [0.15, 0.2) is 0 Å². The van der Waals surface area contributed by atoms with Gasteiger partial charge in [-0.1, -0.05) is 135 Å². The molecular formula is C36H65BrNO3S+. The summed E-state index contributed by atoms with van der Waals surface area (Å²) >= 11 is 3.38. The number of rotatable bonds is 26.